The summed E-state index contributed by atoms with van der Waals surface area (Å²) in [6.45, 7) is 1.19. The first-order valence-corrected chi connectivity index (χ1v) is 8.28. The second-order valence-corrected chi connectivity index (χ2v) is 6.19. The first kappa shape index (κ1) is 18.0. The van der Waals surface area contributed by atoms with Gasteiger partial charge in [0.2, 0.25) is 0 Å². The van der Waals surface area contributed by atoms with Crippen molar-refractivity contribution in [2.45, 2.75) is 12.6 Å². The van der Waals surface area contributed by atoms with Crippen LogP contribution in [-0.2, 0) is 11.3 Å². The quantitative estimate of drug-likeness (QED) is 0.626. The van der Waals surface area contributed by atoms with Crippen LogP contribution in [0.1, 0.15) is 27.7 Å². The molecule has 1 fully saturated rings. The van der Waals surface area contributed by atoms with Gasteiger partial charge in [-0.1, -0.05) is 17.7 Å². The van der Waals surface area contributed by atoms with Crippen molar-refractivity contribution in [3.63, 3.8) is 0 Å². The highest BCUT2D eigenvalue weighted by Crippen LogP contribution is 2.30. The number of carbonyl (C=O) groups excluding carboxylic acids is 1. The van der Waals surface area contributed by atoms with E-state index in [2.05, 4.69) is 15.3 Å². The van der Waals surface area contributed by atoms with Crippen LogP contribution >= 0.6 is 11.6 Å². The Bertz CT molecular complexity index is 825. The molecule has 0 aliphatic carbocycles. The normalized spacial score (nSPS) is 17.1. The molecule has 2 aromatic rings. The van der Waals surface area contributed by atoms with Gasteiger partial charge in [0.1, 0.15) is 5.69 Å². The predicted molar refractivity (Wildman–Crippen MR) is 94.2 cm³/mol. The van der Waals surface area contributed by atoms with Crippen molar-refractivity contribution in [1.29, 1.82) is 0 Å². The number of carbonyl (C=O) groups is 2. The number of morpholine rings is 1. The number of nitrogens with zero attached hydrogens (tertiary/aromatic N) is 2. The minimum absolute atomic E-state index is 0.175. The molecule has 0 saturated carbocycles. The number of hydrogen-bond donors (Lipinski definition) is 4. The van der Waals surface area contributed by atoms with Gasteiger partial charge in [-0.3, -0.25) is 9.69 Å². The first-order valence-electron chi connectivity index (χ1n) is 7.90. The van der Waals surface area contributed by atoms with Crippen LogP contribution in [0, 0.1) is 0 Å². The summed E-state index contributed by atoms with van der Waals surface area (Å²) in [4.78, 5) is 31.0. The highest BCUT2D eigenvalue weighted by atomic mass is 35.5. The molecule has 2 amide bonds. The molecule has 3 rings (SSSR count). The first-order chi connectivity index (χ1) is 12.5. The van der Waals surface area contributed by atoms with E-state index in [-0.39, 0.29) is 18.8 Å². The standard InChI is InChI=1S/C16H18ClN5O4/c17-10-2-1-9(6-19-15-13(14(18)23)20-8-21-15)11(5-10)12-7-26-4-3-22(12)16(24)25/h1-2,5,8,12,19H,3-4,6-7H2,(H2,18,23)(H,20,21)(H,24,25). The Kier molecular flexibility index (Phi) is 5.29. The van der Waals surface area contributed by atoms with Gasteiger partial charge < -0.3 is 25.9 Å². The van der Waals surface area contributed by atoms with Gasteiger partial charge >= 0.3 is 6.09 Å². The molecular formula is C16H18ClN5O4. The highest BCUT2D eigenvalue weighted by Gasteiger charge is 2.30. The molecule has 2 heterocycles. The van der Waals surface area contributed by atoms with E-state index in [1.165, 1.54) is 11.2 Å². The highest BCUT2D eigenvalue weighted by molar-refractivity contribution is 6.30. The molecule has 1 atom stereocenters. The van der Waals surface area contributed by atoms with Gasteiger partial charge in [0, 0.05) is 18.1 Å². The molecule has 1 aliphatic rings. The number of aromatic amines is 1. The van der Waals surface area contributed by atoms with Gasteiger partial charge in [0.25, 0.3) is 5.91 Å². The molecule has 1 aromatic heterocycles. The molecule has 138 valence electrons. The summed E-state index contributed by atoms with van der Waals surface area (Å²) in [5.74, 6) is -0.299. The molecule has 1 aromatic carbocycles. The lowest BCUT2D eigenvalue weighted by molar-refractivity contribution is -0.00114. The largest absolute Gasteiger partial charge is 0.465 e. The molecular weight excluding hydrogens is 362 g/mol. The Morgan fingerprint density at radius 1 is 1.50 bits per heavy atom. The van der Waals surface area contributed by atoms with Crippen LogP contribution in [0.3, 0.4) is 0 Å². The fourth-order valence-electron chi connectivity index (χ4n) is 2.92. The van der Waals surface area contributed by atoms with Gasteiger partial charge in [-0.15, -0.1) is 0 Å². The fourth-order valence-corrected chi connectivity index (χ4v) is 3.10. The smallest absolute Gasteiger partial charge is 0.407 e. The Labute approximate surface area is 154 Å². The van der Waals surface area contributed by atoms with Crippen molar-refractivity contribution in [3.05, 3.63) is 46.4 Å². The molecule has 0 bridgehead atoms. The zero-order valence-corrected chi connectivity index (χ0v) is 14.5. The van der Waals surface area contributed by atoms with Crippen LogP contribution in [-0.4, -0.2) is 51.7 Å². The SMILES string of the molecule is NC(=O)c1[nH]cnc1NCc1ccc(Cl)cc1C1COCCN1C(=O)O. The maximum absolute atomic E-state index is 11.6. The topological polar surface area (TPSA) is 134 Å². The van der Waals surface area contributed by atoms with Crippen LogP contribution in [0.2, 0.25) is 5.02 Å². The van der Waals surface area contributed by atoms with E-state index < -0.39 is 18.0 Å². The Balaban J connectivity index is 1.87. The average Bonchev–Trinajstić information content (AvgIpc) is 3.09. The Morgan fingerprint density at radius 3 is 3.04 bits per heavy atom. The number of rotatable bonds is 5. The van der Waals surface area contributed by atoms with E-state index in [1.54, 1.807) is 18.2 Å². The zero-order chi connectivity index (χ0) is 18.7. The molecule has 1 saturated heterocycles. The predicted octanol–water partition coefficient (Wildman–Crippen LogP) is 1.83. The van der Waals surface area contributed by atoms with E-state index in [1.807, 2.05) is 0 Å². The Hall–Kier alpha value is -2.78. The summed E-state index contributed by atoms with van der Waals surface area (Å²) >= 11 is 6.12. The summed E-state index contributed by atoms with van der Waals surface area (Å²) in [6.07, 6.45) is 0.354. The van der Waals surface area contributed by atoms with Crippen LogP contribution in [0.4, 0.5) is 10.6 Å². The number of anilines is 1. The summed E-state index contributed by atoms with van der Waals surface area (Å²) in [5.41, 5.74) is 7.02. The number of benzene rings is 1. The van der Waals surface area contributed by atoms with Gasteiger partial charge in [-0.2, -0.15) is 0 Å². The van der Waals surface area contributed by atoms with E-state index in [9.17, 15) is 14.7 Å². The number of ether oxygens (including phenoxy) is 1. The van der Waals surface area contributed by atoms with Gasteiger partial charge in [0.15, 0.2) is 5.82 Å². The lowest BCUT2D eigenvalue weighted by Crippen LogP contribution is -2.43. The van der Waals surface area contributed by atoms with Gasteiger partial charge in [-0.05, 0) is 23.3 Å². The summed E-state index contributed by atoms with van der Waals surface area (Å²) in [5, 5.41) is 13.0. The molecule has 5 N–H and O–H groups in total. The minimum atomic E-state index is -1.01. The Morgan fingerprint density at radius 2 is 2.31 bits per heavy atom. The number of carboxylic acid groups (broad SMARTS) is 1. The monoisotopic (exact) mass is 379 g/mol. The van der Waals surface area contributed by atoms with Crippen LogP contribution in [0.5, 0.6) is 0 Å². The summed E-state index contributed by atoms with van der Waals surface area (Å²) in [7, 11) is 0. The second kappa shape index (κ2) is 7.63. The van der Waals surface area contributed by atoms with Crippen molar-refractivity contribution in [3.8, 4) is 0 Å². The number of nitrogens with one attached hydrogen (secondary N) is 2. The van der Waals surface area contributed by atoms with E-state index in [0.717, 1.165) is 11.1 Å². The third-order valence-corrected chi connectivity index (χ3v) is 4.41. The number of imidazole rings is 1. The molecule has 26 heavy (non-hydrogen) atoms. The third kappa shape index (κ3) is 3.73. The number of aromatic nitrogens is 2. The number of primary amides is 1. The number of hydrogen-bond acceptors (Lipinski definition) is 5. The fraction of sp³-hybridized carbons (Fsp3) is 0.312. The number of amides is 2. The lowest BCUT2D eigenvalue weighted by atomic mass is 9.98. The van der Waals surface area contributed by atoms with E-state index in [0.29, 0.717) is 24.0 Å². The molecule has 10 heteroatoms. The minimum Gasteiger partial charge on any atom is -0.465 e. The second-order valence-electron chi connectivity index (χ2n) is 5.75. The lowest BCUT2D eigenvalue weighted by Gasteiger charge is -2.34. The van der Waals surface area contributed by atoms with Gasteiger partial charge in [0.05, 0.1) is 25.6 Å². The van der Waals surface area contributed by atoms with E-state index in [4.69, 9.17) is 22.1 Å². The maximum Gasteiger partial charge on any atom is 0.407 e. The molecule has 0 radical (unpaired) electrons. The third-order valence-electron chi connectivity index (χ3n) is 4.17. The van der Waals surface area contributed by atoms with Crippen LogP contribution in [0.15, 0.2) is 24.5 Å². The maximum atomic E-state index is 11.6. The number of halogens is 1. The number of nitrogens with two attached hydrogens (primary N) is 1. The van der Waals surface area contributed by atoms with Crippen LogP contribution in [0.25, 0.3) is 0 Å². The summed E-state index contributed by atoms with van der Waals surface area (Å²) < 4.78 is 5.47. The number of H-pyrrole nitrogens is 1. The molecule has 1 aliphatic heterocycles. The van der Waals surface area contributed by atoms with Crippen molar-refractivity contribution >= 4 is 29.4 Å². The van der Waals surface area contributed by atoms with Crippen LogP contribution < -0.4 is 11.1 Å². The molecule has 0 spiro atoms. The molecule has 9 nitrogen and oxygen atoms in total. The summed E-state index contributed by atoms with van der Waals surface area (Å²) in [6, 6.07) is 4.78. The van der Waals surface area contributed by atoms with E-state index >= 15 is 0 Å². The van der Waals surface area contributed by atoms with Crippen molar-refractivity contribution in [2.24, 2.45) is 5.73 Å². The zero-order valence-electron chi connectivity index (χ0n) is 13.7. The van der Waals surface area contributed by atoms with Crippen molar-refractivity contribution in [2.75, 3.05) is 25.1 Å². The average molecular weight is 380 g/mol. The van der Waals surface area contributed by atoms with Crippen molar-refractivity contribution < 1.29 is 19.4 Å². The van der Waals surface area contributed by atoms with Crippen molar-refractivity contribution in [1.82, 2.24) is 14.9 Å². The van der Waals surface area contributed by atoms with Gasteiger partial charge in [-0.25, -0.2) is 9.78 Å². The molecule has 1 unspecified atom stereocenters.